The largest absolute Gasteiger partial charge is 0.462 e. The Labute approximate surface area is 487 Å². The van der Waals surface area contributed by atoms with Crippen LogP contribution in [0.2, 0.25) is 0 Å². The molecular weight excluding hydrogens is 973 g/mol. The van der Waals surface area contributed by atoms with E-state index >= 15 is 0 Å². The van der Waals surface area contributed by atoms with Crippen molar-refractivity contribution in [1.29, 1.82) is 0 Å². The van der Waals surface area contributed by atoms with E-state index < -0.39 is 6.10 Å². The van der Waals surface area contributed by atoms with Gasteiger partial charge < -0.3 is 14.2 Å². The van der Waals surface area contributed by atoms with E-state index in [4.69, 9.17) is 14.2 Å². The molecule has 0 saturated carbocycles. The highest BCUT2D eigenvalue weighted by molar-refractivity contribution is 5.71. The van der Waals surface area contributed by atoms with Crippen molar-refractivity contribution < 1.29 is 28.6 Å². The van der Waals surface area contributed by atoms with E-state index in [1.807, 2.05) is 0 Å². The third-order valence-corrected chi connectivity index (χ3v) is 13.6. The molecule has 6 heteroatoms. The van der Waals surface area contributed by atoms with Gasteiger partial charge in [-0.15, -0.1) is 0 Å². The van der Waals surface area contributed by atoms with E-state index in [2.05, 4.69) is 154 Å². The Bertz CT molecular complexity index is 1680. The lowest BCUT2D eigenvalue weighted by Crippen LogP contribution is -2.30. The van der Waals surface area contributed by atoms with Crippen LogP contribution in [0.1, 0.15) is 290 Å². The van der Waals surface area contributed by atoms with Gasteiger partial charge in [0.1, 0.15) is 13.2 Å². The minimum atomic E-state index is -0.793. The number of esters is 3. The van der Waals surface area contributed by atoms with Crippen LogP contribution in [-0.4, -0.2) is 37.2 Å². The van der Waals surface area contributed by atoms with Crippen LogP contribution in [0.25, 0.3) is 0 Å². The minimum Gasteiger partial charge on any atom is -0.462 e. The van der Waals surface area contributed by atoms with Crippen molar-refractivity contribution in [3.8, 4) is 0 Å². The second-order valence-electron chi connectivity index (χ2n) is 21.3. The van der Waals surface area contributed by atoms with Gasteiger partial charge in [-0.1, -0.05) is 276 Å². The molecule has 0 N–H and O–H groups in total. The van der Waals surface area contributed by atoms with Crippen LogP contribution < -0.4 is 0 Å². The van der Waals surface area contributed by atoms with Gasteiger partial charge in [0, 0.05) is 19.3 Å². The molecule has 0 heterocycles. The summed E-state index contributed by atoms with van der Waals surface area (Å²) < 4.78 is 16.9. The number of carbonyl (C=O) groups is 3. The fraction of sp³-hybridized carbons (Fsp3) is 0.658. The van der Waals surface area contributed by atoms with Crippen molar-refractivity contribution in [1.82, 2.24) is 0 Å². The van der Waals surface area contributed by atoms with Crippen LogP contribution in [0.15, 0.2) is 134 Å². The van der Waals surface area contributed by atoms with E-state index in [0.29, 0.717) is 19.3 Å². The number of hydrogen-bond donors (Lipinski definition) is 0. The number of allylic oxidation sites excluding steroid dienone is 22. The summed E-state index contributed by atoms with van der Waals surface area (Å²) in [6, 6.07) is 0. The second kappa shape index (κ2) is 66.1. The van der Waals surface area contributed by atoms with Crippen molar-refractivity contribution >= 4 is 17.9 Å². The summed E-state index contributed by atoms with van der Waals surface area (Å²) in [5.41, 5.74) is 0. The molecule has 0 fully saturated rings. The Hall–Kier alpha value is -4.45. The Morgan fingerprint density at radius 2 is 0.494 bits per heavy atom. The predicted molar refractivity (Wildman–Crippen MR) is 343 cm³/mol. The average molecular weight is 1090 g/mol. The topological polar surface area (TPSA) is 78.9 Å². The number of unbranched alkanes of at least 4 members (excludes halogenated alkanes) is 25. The van der Waals surface area contributed by atoms with Gasteiger partial charge in [-0.2, -0.15) is 0 Å². The van der Waals surface area contributed by atoms with Gasteiger partial charge in [0.25, 0.3) is 0 Å². The number of carbonyl (C=O) groups excluding carboxylic acids is 3. The van der Waals surface area contributed by atoms with Gasteiger partial charge in [0.05, 0.1) is 0 Å². The molecule has 0 bridgehead atoms. The van der Waals surface area contributed by atoms with Crippen LogP contribution >= 0.6 is 0 Å². The Morgan fingerprint density at radius 3 is 0.785 bits per heavy atom. The van der Waals surface area contributed by atoms with Gasteiger partial charge in [0.15, 0.2) is 6.10 Å². The molecule has 6 nitrogen and oxygen atoms in total. The van der Waals surface area contributed by atoms with E-state index in [9.17, 15) is 14.4 Å². The number of rotatable bonds is 58. The standard InChI is InChI=1S/C73H120O6/c1-4-7-10-13-16-19-22-24-26-27-28-29-30-31-32-33-34-35-36-37-38-39-40-41-42-43-44-45-47-48-51-54-57-60-63-66-72(75)78-69-70(68-77-71(74)65-62-59-56-53-50-21-18-15-12-9-6-3)79-73(76)67-64-61-58-55-52-49-46-25-23-20-17-14-11-8-5-2/h7-8,10-11,15-20,24-26,28-29,31-32,34-35,37-38,46,70H,4-6,9,12-14,21-23,27,30,33,36,39-45,47-69H2,1-3H3/b10-7-,11-8-,18-15-,19-16-,20-17-,26-24-,29-28-,32-31-,35-34-,38-37-,46-25-. The van der Waals surface area contributed by atoms with Crippen LogP contribution in [0.5, 0.6) is 0 Å². The molecule has 0 spiro atoms. The maximum absolute atomic E-state index is 12.9. The molecule has 0 amide bonds. The smallest absolute Gasteiger partial charge is 0.306 e. The predicted octanol–water partition coefficient (Wildman–Crippen LogP) is 22.5. The van der Waals surface area contributed by atoms with Crippen molar-refractivity contribution in [2.75, 3.05) is 13.2 Å². The summed E-state index contributed by atoms with van der Waals surface area (Å²) in [6.45, 7) is 6.36. The third kappa shape index (κ3) is 64.3. The molecule has 0 aliphatic heterocycles. The SMILES string of the molecule is CC/C=C\C/C=C\C/C=C\C/C=C\C/C=C\C/C=C\C/C=C\CCCCCCCCCCCCCCCC(=O)OCC(COC(=O)CCCCCCC/C=C\CCCC)OC(=O)CCCCCCC/C=C\C/C=C\C/C=C\CC. The molecular formula is C73H120O6. The third-order valence-electron chi connectivity index (χ3n) is 13.6. The summed E-state index contributed by atoms with van der Waals surface area (Å²) in [5, 5.41) is 0. The Balaban J connectivity index is 4.16. The Morgan fingerprint density at radius 1 is 0.266 bits per heavy atom. The molecule has 0 radical (unpaired) electrons. The lowest BCUT2D eigenvalue weighted by atomic mass is 10.0. The lowest BCUT2D eigenvalue weighted by molar-refractivity contribution is -0.167. The van der Waals surface area contributed by atoms with E-state index in [1.54, 1.807) is 0 Å². The zero-order valence-corrected chi connectivity index (χ0v) is 51.3. The molecule has 0 aromatic heterocycles. The van der Waals surface area contributed by atoms with Gasteiger partial charge in [-0.05, 0) is 128 Å². The molecule has 0 aromatic carbocycles. The van der Waals surface area contributed by atoms with E-state index in [1.165, 1.54) is 96.3 Å². The first-order chi connectivity index (χ1) is 39.0. The van der Waals surface area contributed by atoms with Gasteiger partial charge in [0.2, 0.25) is 0 Å². The average Bonchev–Trinajstić information content (AvgIpc) is 3.45. The fourth-order valence-corrected chi connectivity index (χ4v) is 8.77. The van der Waals surface area contributed by atoms with Crippen molar-refractivity contribution in [2.45, 2.75) is 297 Å². The highest BCUT2D eigenvalue weighted by Crippen LogP contribution is 2.16. The first kappa shape index (κ1) is 74.5. The maximum Gasteiger partial charge on any atom is 0.306 e. The van der Waals surface area contributed by atoms with Crippen molar-refractivity contribution in [3.05, 3.63) is 134 Å². The van der Waals surface area contributed by atoms with Crippen molar-refractivity contribution in [2.24, 2.45) is 0 Å². The van der Waals surface area contributed by atoms with Gasteiger partial charge in [-0.25, -0.2) is 0 Å². The molecule has 1 atom stereocenters. The van der Waals surface area contributed by atoms with Gasteiger partial charge in [-0.3, -0.25) is 14.4 Å². The zero-order valence-electron chi connectivity index (χ0n) is 51.3. The highest BCUT2D eigenvalue weighted by Gasteiger charge is 2.19. The monoisotopic (exact) mass is 1090 g/mol. The fourth-order valence-electron chi connectivity index (χ4n) is 8.77. The maximum atomic E-state index is 12.9. The summed E-state index contributed by atoms with van der Waals surface area (Å²) in [4.78, 5) is 38.2. The molecule has 79 heavy (non-hydrogen) atoms. The summed E-state index contributed by atoms with van der Waals surface area (Å²) >= 11 is 0. The Kier molecular flexibility index (Phi) is 62.3. The molecule has 0 saturated heterocycles. The number of ether oxygens (including phenoxy) is 3. The molecule has 0 aromatic rings. The van der Waals surface area contributed by atoms with Crippen LogP contribution in [0, 0.1) is 0 Å². The van der Waals surface area contributed by atoms with Crippen molar-refractivity contribution in [3.63, 3.8) is 0 Å². The first-order valence-electron chi connectivity index (χ1n) is 32.7. The van der Waals surface area contributed by atoms with E-state index in [0.717, 1.165) is 154 Å². The van der Waals surface area contributed by atoms with E-state index in [-0.39, 0.29) is 31.1 Å². The highest BCUT2D eigenvalue weighted by atomic mass is 16.6. The first-order valence-corrected chi connectivity index (χ1v) is 32.7. The molecule has 0 aliphatic rings. The van der Waals surface area contributed by atoms with Crippen LogP contribution in [-0.2, 0) is 28.6 Å². The normalized spacial score (nSPS) is 13.0. The molecule has 1 unspecified atom stereocenters. The molecule has 448 valence electrons. The zero-order chi connectivity index (χ0) is 57.1. The quantitative estimate of drug-likeness (QED) is 0.0261. The summed E-state index contributed by atoms with van der Waals surface area (Å²) in [7, 11) is 0. The van der Waals surface area contributed by atoms with Crippen LogP contribution in [0.3, 0.4) is 0 Å². The summed E-state index contributed by atoms with van der Waals surface area (Å²) in [5.74, 6) is -0.916. The summed E-state index contributed by atoms with van der Waals surface area (Å²) in [6.07, 6.45) is 93.3. The van der Waals surface area contributed by atoms with Crippen LogP contribution in [0.4, 0.5) is 0 Å². The van der Waals surface area contributed by atoms with Gasteiger partial charge >= 0.3 is 17.9 Å². The molecule has 0 aliphatic carbocycles. The molecule has 0 rings (SSSR count). The minimum absolute atomic E-state index is 0.0897. The lowest BCUT2D eigenvalue weighted by Gasteiger charge is -2.18. The number of hydrogen-bond acceptors (Lipinski definition) is 6. The second-order valence-corrected chi connectivity index (χ2v) is 21.3.